The molecule has 5 heteroatoms. The second-order valence-electron chi connectivity index (χ2n) is 2.87. The first-order valence-electron chi connectivity index (χ1n) is 4.30. The van der Waals surface area contributed by atoms with Crippen LogP contribution >= 0.6 is 23.1 Å². The fourth-order valence-corrected chi connectivity index (χ4v) is 2.50. The van der Waals surface area contributed by atoms with Crippen LogP contribution in [0.2, 0.25) is 0 Å². The second kappa shape index (κ2) is 4.55. The number of hydrogen-bond donors (Lipinski definition) is 0. The summed E-state index contributed by atoms with van der Waals surface area (Å²) >= 11 is 2.56. The highest BCUT2D eigenvalue weighted by Crippen LogP contribution is 2.22. The molecule has 2 rings (SSSR count). The number of hydrogen-bond acceptors (Lipinski definition) is 5. The standard InChI is InChI=1S/C10H8N2OS2/c1-7-6-14-10(13)9(12-7)15-8-2-4-11-5-3-8/h2-6H,1H3. The Morgan fingerprint density at radius 2 is 2.07 bits per heavy atom. The molecule has 0 atom stereocenters. The Balaban J connectivity index is 2.32. The van der Waals surface area contributed by atoms with Crippen molar-refractivity contribution >= 4 is 23.1 Å². The zero-order valence-electron chi connectivity index (χ0n) is 8.01. The van der Waals surface area contributed by atoms with Crippen molar-refractivity contribution in [3.8, 4) is 0 Å². The highest BCUT2D eigenvalue weighted by Gasteiger charge is 2.04. The van der Waals surface area contributed by atoms with E-state index in [1.54, 1.807) is 17.8 Å². The minimum atomic E-state index is 0.00223. The Morgan fingerprint density at radius 3 is 2.80 bits per heavy atom. The Kier molecular flexibility index (Phi) is 3.13. The average molecular weight is 236 g/mol. The van der Waals surface area contributed by atoms with Crippen LogP contribution in [0, 0.1) is 6.92 Å². The van der Waals surface area contributed by atoms with Gasteiger partial charge in [0.1, 0.15) is 0 Å². The first kappa shape index (κ1) is 10.3. The van der Waals surface area contributed by atoms with E-state index in [-0.39, 0.29) is 4.74 Å². The van der Waals surface area contributed by atoms with Crippen molar-refractivity contribution in [2.24, 2.45) is 0 Å². The molecule has 15 heavy (non-hydrogen) atoms. The van der Waals surface area contributed by atoms with Gasteiger partial charge in [-0.25, -0.2) is 4.98 Å². The minimum Gasteiger partial charge on any atom is -0.275 e. The largest absolute Gasteiger partial charge is 0.275 e. The molecule has 0 bridgehead atoms. The minimum absolute atomic E-state index is 0.00223. The molecule has 0 fully saturated rings. The van der Waals surface area contributed by atoms with Crippen LogP contribution in [0.3, 0.4) is 0 Å². The maximum absolute atomic E-state index is 11.5. The molecule has 0 spiro atoms. The topological polar surface area (TPSA) is 42.9 Å². The molecule has 0 aromatic carbocycles. The van der Waals surface area contributed by atoms with E-state index in [0.29, 0.717) is 5.03 Å². The molecule has 2 aromatic rings. The first-order valence-corrected chi connectivity index (χ1v) is 5.99. The van der Waals surface area contributed by atoms with Crippen LogP contribution in [-0.4, -0.2) is 9.97 Å². The van der Waals surface area contributed by atoms with Gasteiger partial charge in [0.2, 0.25) is 0 Å². The quantitative estimate of drug-likeness (QED) is 0.802. The van der Waals surface area contributed by atoms with E-state index in [2.05, 4.69) is 9.97 Å². The number of aryl methyl sites for hydroxylation is 1. The molecule has 0 N–H and O–H groups in total. The van der Waals surface area contributed by atoms with Crippen molar-refractivity contribution in [3.05, 3.63) is 45.1 Å². The molecule has 3 nitrogen and oxygen atoms in total. The zero-order chi connectivity index (χ0) is 10.7. The van der Waals surface area contributed by atoms with Gasteiger partial charge in [0, 0.05) is 28.4 Å². The van der Waals surface area contributed by atoms with Gasteiger partial charge >= 0.3 is 0 Å². The molecular weight excluding hydrogens is 228 g/mol. The fraction of sp³-hybridized carbons (Fsp3) is 0.100. The molecular formula is C10H8N2OS2. The lowest BCUT2D eigenvalue weighted by molar-refractivity contribution is 1.07. The van der Waals surface area contributed by atoms with E-state index in [1.165, 1.54) is 23.1 Å². The van der Waals surface area contributed by atoms with E-state index < -0.39 is 0 Å². The van der Waals surface area contributed by atoms with Gasteiger partial charge in [0.05, 0.1) is 0 Å². The van der Waals surface area contributed by atoms with E-state index in [9.17, 15) is 4.79 Å². The smallest absolute Gasteiger partial charge is 0.264 e. The maximum atomic E-state index is 11.5. The molecule has 2 heterocycles. The van der Waals surface area contributed by atoms with Gasteiger partial charge in [-0.05, 0) is 19.1 Å². The number of nitrogens with zero attached hydrogens (tertiary/aromatic N) is 2. The van der Waals surface area contributed by atoms with Crippen LogP contribution in [0.15, 0.2) is 44.6 Å². The molecule has 76 valence electrons. The summed E-state index contributed by atoms with van der Waals surface area (Å²) in [5.41, 5.74) is 0.871. The van der Waals surface area contributed by atoms with Gasteiger partial charge in [-0.3, -0.25) is 9.78 Å². The Bertz CT molecular complexity index is 510. The van der Waals surface area contributed by atoms with Gasteiger partial charge < -0.3 is 0 Å². The molecule has 2 aromatic heterocycles. The molecule has 0 radical (unpaired) electrons. The Morgan fingerprint density at radius 1 is 1.33 bits per heavy atom. The van der Waals surface area contributed by atoms with Gasteiger partial charge in [0.25, 0.3) is 4.74 Å². The molecule has 0 unspecified atom stereocenters. The molecule has 0 amide bonds. The van der Waals surface area contributed by atoms with Crippen LogP contribution < -0.4 is 4.74 Å². The Labute approximate surface area is 95.2 Å². The van der Waals surface area contributed by atoms with Gasteiger partial charge in [-0.1, -0.05) is 23.1 Å². The number of aromatic nitrogens is 2. The van der Waals surface area contributed by atoms with E-state index in [1.807, 2.05) is 19.1 Å². The monoisotopic (exact) mass is 236 g/mol. The maximum Gasteiger partial charge on any atom is 0.264 e. The molecule has 0 aliphatic carbocycles. The van der Waals surface area contributed by atoms with E-state index >= 15 is 0 Å². The zero-order valence-corrected chi connectivity index (χ0v) is 9.64. The summed E-state index contributed by atoms with van der Waals surface area (Å²) in [6, 6.07) is 3.72. The highest BCUT2D eigenvalue weighted by molar-refractivity contribution is 7.99. The first-order chi connectivity index (χ1) is 7.25. The van der Waals surface area contributed by atoms with E-state index in [0.717, 1.165) is 10.6 Å². The normalized spacial score (nSPS) is 10.2. The lowest BCUT2D eigenvalue weighted by Crippen LogP contribution is -2.01. The average Bonchev–Trinajstić information content (AvgIpc) is 2.25. The molecule has 0 saturated carbocycles. The third-order valence-electron chi connectivity index (χ3n) is 1.65. The lowest BCUT2D eigenvalue weighted by Gasteiger charge is -1.99. The van der Waals surface area contributed by atoms with Crippen LogP contribution in [0.25, 0.3) is 0 Å². The van der Waals surface area contributed by atoms with Gasteiger partial charge in [-0.2, -0.15) is 0 Å². The van der Waals surface area contributed by atoms with Crippen molar-refractivity contribution in [2.45, 2.75) is 16.8 Å². The summed E-state index contributed by atoms with van der Waals surface area (Å²) in [5.74, 6) is 0. The summed E-state index contributed by atoms with van der Waals surface area (Å²) < 4.78 is 0.00223. The van der Waals surface area contributed by atoms with Crippen LogP contribution in [0.5, 0.6) is 0 Å². The third-order valence-corrected chi connectivity index (χ3v) is 3.63. The molecule has 0 aliphatic heterocycles. The van der Waals surface area contributed by atoms with Crippen molar-refractivity contribution < 1.29 is 0 Å². The summed E-state index contributed by atoms with van der Waals surface area (Å²) in [7, 11) is 0. The third kappa shape index (κ3) is 2.64. The van der Waals surface area contributed by atoms with Crippen LogP contribution in [0.4, 0.5) is 0 Å². The van der Waals surface area contributed by atoms with Crippen LogP contribution in [0.1, 0.15) is 5.69 Å². The molecule has 0 saturated heterocycles. The van der Waals surface area contributed by atoms with Crippen LogP contribution in [-0.2, 0) is 0 Å². The summed E-state index contributed by atoms with van der Waals surface area (Å²) in [6.07, 6.45) is 3.40. The highest BCUT2D eigenvalue weighted by atomic mass is 32.2. The SMILES string of the molecule is Cc1csc(=O)c(Sc2ccncc2)n1. The summed E-state index contributed by atoms with van der Waals surface area (Å²) in [5, 5.41) is 2.30. The predicted octanol–water partition coefficient (Wildman–Crippen LogP) is 2.36. The lowest BCUT2D eigenvalue weighted by atomic mass is 10.5. The van der Waals surface area contributed by atoms with E-state index in [4.69, 9.17) is 0 Å². The van der Waals surface area contributed by atoms with Crippen molar-refractivity contribution in [1.82, 2.24) is 9.97 Å². The number of pyridine rings is 1. The molecule has 0 aliphatic rings. The fourth-order valence-electron chi connectivity index (χ4n) is 1.00. The summed E-state index contributed by atoms with van der Waals surface area (Å²) in [4.78, 5) is 20.6. The Hall–Kier alpha value is -1.20. The van der Waals surface area contributed by atoms with Gasteiger partial charge in [-0.15, -0.1) is 0 Å². The van der Waals surface area contributed by atoms with Gasteiger partial charge in [0.15, 0.2) is 5.03 Å². The number of rotatable bonds is 2. The van der Waals surface area contributed by atoms with Crippen molar-refractivity contribution in [1.29, 1.82) is 0 Å². The summed E-state index contributed by atoms with van der Waals surface area (Å²) in [6.45, 7) is 1.88. The van der Waals surface area contributed by atoms with Crippen molar-refractivity contribution in [2.75, 3.05) is 0 Å². The second-order valence-corrected chi connectivity index (χ2v) is 4.77. The predicted molar refractivity (Wildman–Crippen MR) is 61.5 cm³/mol. The van der Waals surface area contributed by atoms with Crippen molar-refractivity contribution in [3.63, 3.8) is 0 Å².